The Bertz CT molecular complexity index is 728. The van der Waals surface area contributed by atoms with Crippen LogP contribution in [0.5, 0.6) is 0 Å². The number of aromatic amines is 1. The van der Waals surface area contributed by atoms with Crippen LogP contribution in [0, 0.1) is 4.77 Å². The topological polar surface area (TPSA) is 37.8 Å². The number of nitrogens with one attached hydrogen (secondary N) is 1. The van der Waals surface area contributed by atoms with E-state index < -0.39 is 0 Å². The predicted molar refractivity (Wildman–Crippen MR) is 83.2 cm³/mol. The second kappa shape index (κ2) is 5.21. The molecule has 0 aliphatic heterocycles. The fraction of sp³-hybridized carbons (Fsp3) is 0.429. The Morgan fingerprint density at radius 3 is 2.74 bits per heavy atom. The lowest BCUT2D eigenvalue weighted by molar-refractivity contribution is 0.342. The minimum Gasteiger partial charge on any atom is -0.332 e. The third-order valence-electron chi connectivity index (χ3n) is 3.83. The zero-order valence-electron chi connectivity index (χ0n) is 10.5. The molecule has 0 amide bonds. The maximum Gasteiger partial charge on any atom is 0.262 e. The van der Waals surface area contributed by atoms with Gasteiger partial charge in [-0.15, -0.1) is 0 Å². The number of H-pyrrole nitrogens is 1. The molecular formula is C14H15BrN2OS. The first kappa shape index (κ1) is 13.1. The molecule has 100 valence electrons. The summed E-state index contributed by atoms with van der Waals surface area (Å²) in [5, 5.41) is 0.702. The van der Waals surface area contributed by atoms with Gasteiger partial charge in [-0.1, -0.05) is 35.2 Å². The Morgan fingerprint density at radius 1 is 1.26 bits per heavy atom. The highest BCUT2D eigenvalue weighted by molar-refractivity contribution is 9.10. The summed E-state index contributed by atoms with van der Waals surface area (Å²) >= 11 is 8.79. The summed E-state index contributed by atoms with van der Waals surface area (Å²) in [4.78, 5) is 15.8. The van der Waals surface area contributed by atoms with Crippen molar-refractivity contribution in [2.24, 2.45) is 0 Å². The van der Waals surface area contributed by atoms with Crippen LogP contribution in [-0.4, -0.2) is 9.55 Å². The predicted octanol–water partition coefficient (Wildman–Crippen LogP) is 4.33. The van der Waals surface area contributed by atoms with Crippen LogP contribution in [0.15, 0.2) is 27.5 Å². The van der Waals surface area contributed by atoms with Crippen LogP contribution in [0.1, 0.15) is 38.1 Å². The van der Waals surface area contributed by atoms with Crippen molar-refractivity contribution in [1.29, 1.82) is 0 Å². The first-order valence-electron chi connectivity index (χ1n) is 6.61. The van der Waals surface area contributed by atoms with Crippen LogP contribution in [-0.2, 0) is 0 Å². The Kier molecular flexibility index (Phi) is 3.58. The van der Waals surface area contributed by atoms with Crippen LogP contribution in [0.25, 0.3) is 10.9 Å². The van der Waals surface area contributed by atoms with Gasteiger partial charge in [-0.25, -0.2) is 0 Å². The van der Waals surface area contributed by atoms with Gasteiger partial charge in [-0.3, -0.25) is 9.36 Å². The molecule has 1 fully saturated rings. The summed E-state index contributed by atoms with van der Waals surface area (Å²) in [5.74, 6) is 0. The third kappa shape index (κ3) is 2.41. The number of halogens is 1. The molecule has 0 radical (unpaired) electrons. The minimum absolute atomic E-state index is 0.0342. The van der Waals surface area contributed by atoms with Crippen molar-refractivity contribution in [3.8, 4) is 0 Å². The summed E-state index contributed by atoms with van der Waals surface area (Å²) in [6.45, 7) is 0. The molecule has 3 rings (SSSR count). The number of nitrogens with zero attached hydrogens (tertiary/aromatic N) is 1. The van der Waals surface area contributed by atoms with E-state index >= 15 is 0 Å². The molecule has 0 saturated heterocycles. The molecule has 3 nitrogen and oxygen atoms in total. The normalized spacial score (nSPS) is 16.9. The third-order valence-corrected chi connectivity index (χ3v) is 4.62. The molecule has 1 saturated carbocycles. The standard InChI is InChI=1S/C14H15BrN2OS/c15-9-6-7-12-11(8-9)13(18)17(14(19)16-12)10-4-2-1-3-5-10/h6-8,10H,1-5H2,(H,16,19). The van der Waals surface area contributed by atoms with E-state index in [0.717, 1.165) is 22.8 Å². The highest BCUT2D eigenvalue weighted by Crippen LogP contribution is 2.27. The van der Waals surface area contributed by atoms with E-state index in [1.807, 2.05) is 18.2 Å². The van der Waals surface area contributed by atoms with E-state index in [-0.39, 0.29) is 11.6 Å². The minimum atomic E-state index is 0.0342. The smallest absolute Gasteiger partial charge is 0.262 e. The average molecular weight is 339 g/mol. The fourth-order valence-corrected chi connectivity index (χ4v) is 3.57. The van der Waals surface area contributed by atoms with Crippen LogP contribution >= 0.6 is 28.1 Å². The number of hydrogen-bond acceptors (Lipinski definition) is 2. The van der Waals surface area contributed by atoms with Gasteiger partial charge in [0.05, 0.1) is 10.9 Å². The highest BCUT2D eigenvalue weighted by atomic mass is 79.9. The summed E-state index contributed by atoms with van der Waals surface area (Å²) in [6, 6.07) is 5.93. The molecule has 0 atom stereocenters. The first-order valence-corrected chi connectivity index (χ1v) is 7.81. The van der Waals surface area contributed by atoms with Crippen molar-refractivity contribution in [3.05, 3.63) is 37.8 Å². The second-order valence-electron chi connectivity index (χ2n) is 5.09. The van der Waals surface area contributed by atoms with E-state index in [2.05, 4.69) is 20.9 Å². The zero-order chi connectivity index (χ0) is 13.4. The fourth-order valence-electron chi connectivity index (χ4n) is 2.87. The van der Waals surface area contributed by atoms with Crippen molar-refractivity contribution >= 4 is 39.1 Å². The summed E-state index contributed by atoms with van der Waals surface area (Å²) < 4.78 is 3.24. The van der Waals surface area contributed by atoms with Gasteiger partial charge in [0, 0.05) is 10.5 Å². The number of fused-ring (bicyclic) bond motifs is 1. The molecule has 1 aromatic heterocycles. The van der Waals surface area contributed by atoms with Crippen molar-refractivity contribution in [2.75, 3.05) is 0 Å². The SMILES string of the molecule is O=c1c2cc(Br)ccc2[nH]c(=S)n1C1CCCCC1. The lowest BCUT2D eigenvalue weighted by atomic mass is 9.95. The van der Waals surface area contributed by atoms with E-state index in [1.165, 1.54) is 19.3 Å². The lowest BCUT2D eigenvalue weighted by Gasteiger charge is -2.24. The van der Waals surface area contributed by atoms with Gasteiger partial charge < -0.3 is 4.98 Å². The van der Waals surface area contributed by atoms with Crippen LogP contribution < -0.4 is 5.56 Å². The molecule has 2 aromatic rings. The molecule has 19 heavy (non-hydrogen) atoms. The van der Waals surface area contributed by atoms with Gasteiger partial charge >= 0.3 is 0 Å². The largest absolute Gasteiger partial charge is 0.332 e. The van der Waals surface area contributed by atoms with Gasteiger partial charge in [0.1, 0.15) is 0 Å². The number of rotatable bonds is 1. The molecule has 0 unspecified atom stereocenters. The van der Waals surface area contributed by atoms with Gasteiger partial charge in [-0.2, -0.15) is 0 Å². The maximum atomic E-state index is 12.7. The molecule has 0 spiro atoms. The van der Waals surface area contributed by atoms with Crippen molar-refractivity contribution in [1.82, 2.24) is 9.55 Å². The molecular weight excluding hydrogens is 324 g/mol. The summed E-state index contributed by atoms with van der Waals surface area (Å²) in [6.07, 6.45) is 5.74. The maximum absolute atomic E-state index is 12.7. The Balaban J connectivity index is 2.24. The Hall–Kier alpha value is -0.940. The molecule has 1 aliphatic carbocycles. The quantitative estimate of drug-likeness (QED) is 0.786. The van der Waals surface area contributed by atoms with Crippen molar-refractivity contribution in [3.63, 3.8) is 0 Å². The molecule has 1 aromatic carbocycles. The molecule has 1 heterocycles. The van der Waals surface area contributed by atoms with E-state index in [1.54, 1.807) is 4.57 Å². The van der Waals surface area contributed by atoms with Crippen LogP contribution in [0.2, 0.25) is 0 Å². The summed E-state index contributed by atoms with van der Waals surface area (Å²) in [7, 11) is 0. The Labute approximate surface area is 124 Å². The van der Waals surface area contributed by atoms with Gasteiger partial charge in [0.25, 0.3) is 5.56 Å². The molecule has 5 heteroatoms. The number of aromatic nitrogens is 2. The van der Waals surface area contributed by atoms with Gasteiger partial charge in [-0.05, 0) is 43.3 Å². The second-order valence-corrected chi connectivity index (χ2v) is 6.39. The van der Waals surface area contributed by atoms with Crippen molar-refractivity contribution in [2.45, 2.75) is 38.1 Å². The molecule has 1 aliphatic rings. The first-order chi connectivity index (χ1) is 9.16. The van der Waals surface area contributed by atoms with E-state index in [4.69, 9.17) is 12.2 Å². The van der Waals surface area contributed by atoms with Crippen LogP contribution in [0.3, 0.4) is 0 Å². The van der Waals surface area contributed by atoms with Gasteiger partial charge in [0.15, 0.2) is 4.77 Å². The van der Waals surface area contributed by atoms with E-state index in [0.29, 0.717) is 10.2 Å². The zero-order valence-corrected chi connectivity index (χ0v) is 12.9. The molecule has 0 bridgehead atoms. The van der Waals surface area contributed by atoms with Crippen LogP contribution in [0.4, 0.5) is 0 Å². The monoisotopic (exact) mass is 338 g/mol. The molecule has 1 N–H and O–H groups in total. The van der Waals surface area contributed by atoms with Gasteiger partial charge in [0.2, 0.25) is 0 Å². The number of hydrogen-bond donors (Lipinski definition) is 1. The van der Waals surface area contributed by atoms with Crippen molar-refractivity contribution < 1.29 is 0 Å². The van der Waals surface area contributed by atoms with E-state index in [9.17, 15) is 4.79 Å². The highest BCUT2D eigenvalue weighted by Gasteiger charge is 2.18. The number of benzene rings is 1. The average Bonchev–Trinajstić information content (AvgIpc) is 2.41. The Morgan fingerprint density at radius 2 is 2.00 bits per heavy atom. The lowest BCUT2D eigenvalue weighted by Crippen LogP contribution is -2.28. The summed E-state index contributed by atoms with van der Waals surface area (Å²) in [5.41, 5.74) is 0.845.